The monoisotopic (exact) mass is 202 g/mol. The average molecular weight is 202 g/mol. The molecule has 0 bridgehead atoms. The van der Waals surface area contributed by atoms with Crippen LogP contribution in [0.3, 0.4) is 0 Å². The van der Waals surface area contributed by atoms with Gasteiger partial charge in [-0.2, -0.15) is 0 Å². The fraction of sp³-hybridized carbons (Fsp3) is 0.167. The van der Waals surface area contributed by atoms with Crippen molar-refractivity contribution in [3.63, 3.8) is 0 Å². The molecule has 2 rings (SSSR count). The summed E-state index contributed by atoms with van der Waals surface area (Å²) in [5.41, 5.74) is 2.62. The summed E-state index contributed by atoms with van der Waals surface area (Å²) in [6, 6.07) is 7.52. The number of carbonyl (C=O) groups is 1. The molecule has 1 aliphatic rings. The van der Waals surface area contributed by atoms with Gasteiger partial charge in [0, 0.05) is 16.0 Å². The number of fused-ring (bicyclic) bond motifs is 1. The quantitative estimate of drug-likeness (QED) is 0.651. The summed E-state index contributed by atoms with van der Waals surface area (Å²) in [5, 5.41) is 0. The van der Waals surface area contributed by atoms with Gasteiger partial charge in [0.2, 0.25) is 0 Å². The van der Waals surface area contributed by atoms with Crippen molar-refractivity contribution in [2.45, 2.75) is 13.3 Å². The number of hydrogen-bond donors (Lipinski definition) is 0. The molecule has 0 aromatic heterocycles. The molecule has 0 amide bonds. The first kappa shape index (κ1) is 9.28. The van der Waals surface area contributed by atoms with Crippen LogP contribution in [0.25, 0.3) is 0 Å². The number of ketones is 1. The Balaban J connectivity index is 2.61. The zero-order valence-corrected chi connectivity index (χ0v) is 8.73. The second kappa shape index (κ2) is 3.46. The minimum atomic E-state index is 0.0750. The van der Waals surface area contributed by atoms with E-state index in [1.165, 1.54) is 0 Å². The van der Waals surface area contributed by atoms with E-state index in [1.54, 1.807) is 6.08 Å². The number of thiocarbonyl (C=S) groups is 1. The SMILES string of the molecule is CCC1=CC(=O)c2ccccc2C1=S. The minimum Gasteiger partial charge on any atom is -0.289 e. The van der Waals surface area contributed by atoms with Crippen LogP contribution < -0.4 is 0 Å². The maximum absolute atomic E-state index is 11.7. The Bertz CT molecular complexity index is 443. The molecular formula is C12H10OS. The Morgan fingerprint density at radius 2 is 1.86 bits per heavy atom. The molecule has 0 N–H and O–H groups in total. The van der Waals surface area contributed by atoms with Crippen molar-refractivity contribution in [3.8, 4) is 0 Å². The molecule has 0 spiro atoms. The van der Waals surface area contributed by atoms with Crippen molar-refractivity contribution in [2.24, 2.45) is 0 Å². The smallest absolute Gasteiger partial charge is 0.186 e. The van der Waals surface area contributed by atoms with Gasteiger partial charge >= 0.3 is 0 Å². The van der Waals surface area contributed by atoms with Gasteiger partial charge in [-0.1, -0.05) is 43.4 Å². The van der Waals surface area contributed by atoms with Crippen molar-refractivity contribution in [1.82, 2.24) is 0 Å². The van der Waals surface area contributed by atoms with E-state index in [1.807, 2.05) is 31.2 Å². The Hall–Kier alpha value is -1.28. The van der Waals surface area contributed by atoms with Gasteiger partial charge in [0.25, 0.3) is 0 Å². The van der Waals surface area contributed by atoms with E-state index < -0.39 is 0 Å². The van der Waals surface area contributed by atoms with E-state index in [9.17, 15) is 4.79 Å². The van der Waals surface area contributed by atoms with Gasteiger partial charge in [-0.25, -0.2) is 0 Å². The van der Waals surface area contributed by atoms with Crippen LogP contribution in [0.5, 0.6) is 0 Å². The molecule has 1 nitrogen and oxygen atoms in total. The van der Waals surface area contributed by atoms with Gasteiger partial charge < -0.3 is 0 Å². The fourth-order valence-electron chi connectivity index (χ4n) is 1.63. The van der Waals surface area contributed by atoms with Gasteiger partial charge in [-0.15, -0.1) is 0 Å². The largest absolute Gasteiger partial charge is 0.289 e. The summed E-state index contributed by atoms with van der Waals surface area (Å²) in [5.74, 6) is 0.0750. The van der Waals surface area contributed by atoms with Crippen molar-refractivity contribution < 1.29 is 4.79 Å². The van der Waals surface area contributed by atoms with Crippen LogP contribution in [0.15, 0.2) is 35.9 Å². The van der Waals surface area contributed by atoms with E-state index in [2.05, 4.69) is 0 Å². The molecule has 0 unspecified atom stereocenters. The zero-order chi connectivity index (χ0) is 10.1. The first-order chi connectivity index (χ1) is 6.74. The van der Waals surface area contributed by atoms with Gasteiger partial charge in [0.15, 0.2) is 5.78 Å². The topological polar surface area (TPSA) is 17.1 Å². The van der Waals surface area contributed by atoms with Crippen molar-refractivity contribution >= 4 is 22.9 Å². The molecule has 2 heteroatoms. The maximum atomic E-state index is 11.7. The molecule has 0 heterocycles. The number of allylic oxidation sites excluding steroid dienone is 2. The lowest BCUT2D eigenvalue weighted by Gasteiger charge is -2.15. The van der Waals surface area contributed by atoms with E-state index in [-0.39, 0.29) is 5.78 Å². The van der Waals surface area contributed by atoms with Crippen LogP contribution in [0.2, 0.25) is 0 Å². The van der Waals surface area contributed by atoms with E-state index in [0.717, 1.165) is 28.0 Å². The highest BCUT2D eigenvalue weighted by Crippen LogP contribution is 2.23. The second-order valence-corrected chi connectivity index (χ2v) is 3.67. The van der Waals surface area contributed by atoms with Gasteiger partial charge in [0.05, 0.1) is 0 Å². The number of carbonyl (C=O) groups excluding carboxylic acids is 1. The van der Waals surface area contributed by atoms with Crippen LogP contribution in [-0.2, 0) is 0 Å². The predicted octanol–water partition coefficient (Wildman–Crippen LogP) is 2.94. The van der Waals surface area contributed by atoms with Crippen LogP contribution >= 0.6 is 12.2 Å². The lowest BCUT2D eigenvalue weighted by atomic mass is 9.89. The summed E-state index contributed by atoms with van der Waals surface area (Å²) < 4.78 is 0. The Morgan fingerprint density at radius 1 is 1.21 bits per heavy atom. The molecular weight excluding hydrogens is 192 g/mol. The first-order valence-corrected chi connectivity index (χ1v) is 5.03. The number of rotatable bonds is 1. The lowest BCUT2D eigenvalue weighted by molar-refractivity contribution is 0.104. The number of benzene rings is 1. The minimum absolute atomic E-state index is 0.0750. The third-order valence-corrected chi connectivity index (χ3v) is 2.90. The third-order valence-electron chi connectivity index (χ3n) is 2.42. The molecule has 1 aromatic rings. The van der Waals surface area contributed by atoms with Crippen LogP contribution in [-0.4, -0.2) is 10.6 Å². The average Bonchev–Trinajstić information content (AvgIpc) is 2.23. The lowest BCUT2D eigenvalue weighted by Crippen LogP contribution is -2.15. The molecule has 0 radical (unpaired) electrons. The molecule has 70 valence electrons. The Morgan fingerprint density at radius 3 is 2.50 bits per heavy atom. The maximum Gasteiger partial charge on any atom is 0.186 e. The highest BCUT2D eigenvalue weighted by Gasteiger charge is 2.20. The molecule has 0 atom stereocenters. The van der Waals surface area contributed by atoms with Crippen molar-refractivity contribution in [1.29, 1.82) is 0 Å². The van der Waals surface area contributed by atoms with Crippen LogP contribution in [0, 0.1) is 0 Å². The molecule has 0 saturated heterocycles. The normalized spacial score (nSPS) is 15.1. The Labute approximate surface area is 88.4 Å². The Kier molecular flexibility index (Phi) is 2.30. The molecule has 0 fully saturated rings. The van der Waals surface area contributed by atoms with Gasteiger partial charge in [-0.3, -0.25) is 4.79 Å². The highest BCUT2D eigenvalue weighted by molar-refractivity contribution is 7.81. The van der Waals surface area contributed by atoms with E-state index >= 15 is 0 Å². The molecule has 14 heavy (non-hydrogen) atoms. The summed E-state index contributed by atoms with van der Waals surface area (Å²) in [4.78, 5) is 12.5. The van der Waals surface area contributed by atoms with Gasteiger partial charge in [-0.05, 0) is 18.1 Å². The van der Waals surface area contributed by atoms with Gasteiger partial charge in [0.1, 0.15) is 0 Å². The molecule has 1 aliphatic carbocycles. The van der Waals surface area contributed by atoms with Crippen molar-refractivity contribution in [3.05, 3.63) is 47.0 Å². The standard InChI is InChI=1S/C12H10OS/c1-2-8-7-11(13)9-5-3-4-6-10(9)12(8)14/h3-7H,2H2,1H3. The molecule has 0 aliphatic heterocycles. The summed E-state index contributed by atoms with van der Waals surface area (Å²) in [6.45, 7) is 2.01. The summed E-state index contributed by atoms with van der Waals surface area (Å²) in [6.07, 6.45) is 2.48. The third kappa shape index (κ3) is 1.32. The van der Waals surface area contributed by atoms with E-state index in [4.69, 9.17) is 12.2 Å². The molecule has 0 saturated carbocycles. The van der Waals surface area contributed by atoms with E-state index in [0.29, 0.717) is 0 Å². The second-order valence-electron chi connectivity index (χ2n) is 3.26. The molecule has 1 aromatic carbocycles. The predicted molar refractivity (Wildman–Crippen MR) is 60.8 cm³/mol. The highest BCUT2D eigenvalue weighted by atomic mass is 32.1. The summed E-state index contributed by atoms with van der Waals surface area (Å²) in [7, 11) is 0. The zero-order valence-electron chi connectivity index (χ0n) is 7.91. The fourth-order valence-corrected chi connectivity index (χ4v) is 2.01. The first-order valence-electron chi connectivity index (χ1n) is 4.62. The summed E-state index contributed by atoms with van der Waals surface area (Å²) >= 11 is 5.31. The van der Waals surface area contributed by atoms with Crippen LogP contribution in [0.4, 0.5) is 0 Å². The number of hydrogen-bond acceptors (Lipinski definition) is 2. The van der Waals surface area contributed by atoms with Crippen LogP contribution in [0.1, 0.15) is 29.3 Å². The van der Waals surface area contributed by atoms with Crippen molar-refractivity contribution in [2.75, 3.05) is 0 Å².